The molecule has 2 heterocycles. The molecule has 1 aliphatic heterocycles. The summed E-state index contributed by atoms with van der Waals surface area (Å²) in [5.74, 6) is 2.22. The second-order valence-electron chi connectivity index (χ2n) is 11.8. The van der Waals surface area contributed by atoms with Crippen LogP contribution >= 0.6 is 0 Å². The lowest BCUT2D eigenvalue weighted by atomic mass is 9.98. The predicted molar refractivity (Wildman–Crippen MR) is 167 cm³/mol. The molecule has 1 aromatic heterocycles. The maximum atomic E-state index is 12.3. The minimum absolute atomic E-state index is 0.236. The highest BCUT2D eigenvalue weighted by molar-refractivity contribution is 5.70. The number of aromatic nitrogens is 1. The summed E-state index contributed by atoms with van der Waals surface area (Å²) in [5.41, 5.74) is 3.51. The zero-order valence-corrected chi connectivity index (χ0v) is 25.2. The summed E-state index contributed by atoms with van der Waals surface area (Å²) in [7, 11) is 0. The molecule has 43 heavy (non-hydrogen) atoms. The summed E-state index contributed by atoms with van der Waals surface area (Å²) in [6.07, 6.45) is 1.55. The quantitative estimate of drug-likeness (QED) is 0.190. The Bertz CT molecular complexity index is 1440. The number of hydrogen-bond acceptors (Lipinski definition) is 6. The number of pyridine rings is 1. The van der Waals surface area contributed by atoms with Crippen molar-refractivity contribution in [1.82, 2.24) is 9.88 Å². The summed E-state index contributed by atoms with van der Waals surface area (Å²) in [6.45, 7) is 8.49. The molecule has 0 bridgehead atoms. The van der Waals surface area contributed by atoms with E-state index in [4.69, 9.17) is 23.9 Å². The van der Waals surface area contributed by atoms with Crippen LogP contribution in [-0.2, 0) is 18.0 Å². The third-order valence-corrected chi connectivity index (χ3v) is 7.20. The van der Waals surface area contributed by atoms with Crippen molar-refractivity contribution in [1.29, 1.82) is 0 Å². The molecule has 0 spiro atoms. The number of carbonyl (C=O) groups is 1. The molecule has 7 nitrogen and oxygen atoms in total. The fourth-order valence-electron chi connectivity index (χ4n) is 4.84. The Morgan fingerprint density at radius 2 is 1.37 bits per heavy atom. The highest BCUT2D eigenvalue weighted by Gasteiger charge is 2.27. The Morgan fingerprint density at radius 1 is 0.767 bits per heavy atom. The number of likely N-dealkylation sites (tertiary alicyclic amines) is 1. The van der Waals surface area contributed by atoms with E-state index in [0.29, 0.717) is 50.6 Å². The van der Waals surface area contributed by atoms with Crippen LogP contribution < -0.4 is 14.2 Å². The van der Waals surface area contributed by atoms with E-state index < -0.39 is 5.60 Å². The number of nitrogens with zero attached hydrogens (tertiary/aromatic N) is 2. The summed E-state index contributed by atoms with van der Waals surface area (Å²) in [6, 6.07) is 31.9. The molecular weight excluding hydrogens is 540 g/mol. The molecule has 1 aliphatic rings. The van der Waals surface area contributed by atoms with Crippen LogP contribution in [0.15, 0.2) is 97.1 Å². The van der Waals surface area contributed by atoms with Gasteiger partial charge in [0.15, 0.2) is 0 Å². The fraction of sp³-hybridized carbons (Fsp3) is 0.333. The van der Waals surface area contributed by atoms with Gasteiger partial charge in [0, 0.05) is 24.7 Å². The van der Waals surface area contributed by atoms with Crippen LogP contribution in [0.25, 0.3) is 11.1 Å². The van der Waals surface area contributed by atoms with E-state index in [1.807, 2.05) is 118 Å². The van der Waals surface area contributed by atoms with Crippen LogP contribution in [0.2, 0.25) is 0 Å². The molecule has 0 aliphatic carbocycles. The minimum Gasteiger partial charge on any atom is -0.493 e. The van der Waals surface area contributed by atoms with Gasteiger partial charge in [-0.1, -0.05) is 72.8 Å². The lowest BCUT2D eigenvalue weighted by molar-refractivity contribution is 0.0165. The van der Waals surface area contributed by atoms with Crippen LogP contribution in [0.1, 0.15) is 44.7 Å². The normalized spacial score (nSPS) is 13.8. The zero-order valence-electron chi connectivity index (χ0n) is 25.2. The van der Waals surface area contributed by atoms with Crippen molar-refractivity contribution in [3.05, 3.63) is 108 Å². The Labute approximate surface area is 254 Å². The lowest BCUT2D eigenvalue weighted by Gasteiger charge is -2.33. The first-order chi connectivity index (χ1) is 20.8. The van der Waals surface area contributed by atoms with Crippen molar-refractivity contribution in [3.63, 3.8) is 0 Å². The van der Waals surface area contributed by atoms with Crippen LogP contribution in [0.4, 0.5) is 4.79 Å². The van der Waals surface area contributed by atoms with E-state index in [0.717, 1.165) is 40.8 Å². The van der Waals surface area contributed by atoms with Crippen molar-refractivity contribution < 1.29 is 23.7 Å². The summed E-state index contributed by atoms with van der Waals surface area (Å²) in [4.78, 5) is 18.9. The first-order valence-electron chi connectivity index (χ1n) is 14.9. The third kappa shape index (κ3) is 8.98. The number of amides is 1. The number of benzene rings is 3. The highest BCUT2D eigenvalue weighted by Crippen LogP contribution is 2.33. The van der Waals surface area contributed by atoms with Crippen molar-refractivity contribution >= 4 is 6.09 Å². The SMILES string of the molecule is CC(C)(C)OC(=O)N1CCC(COc2ccc(-c3ccc(OCc4ccccc4)nc3OCc3ccccc3)cc2)CC1. The molecule has 7 heteroatoms. The number of rotatable bonds is 10. The van der Waals surface area contributed by atoms with Crippen molar-refractivity contribution in [2.45, 2.75) is 52.4 Å². The molecule has 224 valence electrons. The molecule has 0 radical (unpaired) electrons. The van der Waals surface area contributed by atoms with E-state index in [2.05, 4.69) is 0 Å². The van der Waals surface area contributed by atoms with Crippen molar-refractivity contribution in [2.75, 3.05) is 19.7 Å². The number of ether oxygens (including phenoxy) is 4. The average Bonchev–Trinajstić information content (AvgIpc) is 3.02. The van der Waals surface area contributed by atoms with Gasteiger partial charge in [0.25, 0.3) is 0 Å². The standard InChI is InChI=1S/C36H40N2O5/c1-36(2,3)43-35(39)38-22-20-29(21-23-38)24-40-31-16-14-30(15-17-31)32-18-19-33(41-25-27-10-6-4-7-11-27)37-34(32)42-26-28-12-8-5-9-13-28/h4-19,29H,20-26H2,1-3H3. The molecule has 0 saturated carbocycles. The highest BCUT2D eigenvalue weighted by atomic mass is 16.6. The van der Waals surface area contributed by atoms with Crippen molar-refractivity contribution in [3.8, 4) is 28.6 Å². The molecule has 5 rings (SSSR count). The van der Waals surface area contributed by atoms with Gasteiger partial charge < -0.3 is 23.8 Å². The summed E-state index contributed by atoms with van der Waals surface area (Å²) < 4.78 is 23.9. The molecular formula is C36H40N2O5. The fourth-order valence-corrected chi connectivity index (χ4v) is 4.84. The van der Waals surface area contributed by atoms with Crippen LogP contribution in [0.3, 0.4) is 0 Å². The molecule has 3 aromatic carbocycles. The Hall–Kier alpha value is -4.52. The molecule has 0 atom stereocenters. The smallest absolute Gasteiger partial charge is 0.410 e. The van der Waals surface area contributed by atoms with Gasteiger partial charge in [-0.05, 0) is 74.4 Å². The lowest BCUT2D eigenvalue weighted by Crippen LogP contribution is -2.42. The molecule has 1 amide bonds. The number of piperidine rings is 1. The Kier molecular flexibility index (Phi) is 9.82. The van der Waals surface area contributed by atoms with Gasteiger partial charge in [-0.2, -0.15) is 4.98 Å². The van der Waals surface area contributed by atoms with E-state index in [1.54, 1.807) is 4.90 Å². The van der Waals surface area contributed by atoms with Crippen LogP contribution in [0, 0.1) is 5.92 Å². The van der Waals surface area contributed by atoms with Gasteiger partial charge in [0.05, 0.1) is 6.61 Å². The zero-order chi connectivity index (χ0) is 30.1. The largest absolute Gasteiger partial charge is 0.493 e. The predicted octanol–water partition coefficient (Wildman–Crippen LogP) is 7.93. The summed E-state index contributed by atoms with van der Waals surface area (Å²) in [5, 5.41) is 0. The number of carbonyl (C=O) groups excluding carboxylic acids is 1. The minimum atomic E-state index is -0.480. The Morgan fingerprint density at radius 3 is 1.98 bits per heavy atom. The molecule has 1 saturated heterocycles. The van der Waals surface area contributed by atoms with Crippen LogP contribution in [0.5, 0.6) is 17.5 Å². The first kappa shape index (κ1) is 30.0. The van der Waals surface area contributed by atoms with Gasteiger partial charge in [-0.3, -0.25) is 0 Å². The molecule has 0 unspecified atom stereocenters. The van der Waals surface area contributed by atoms with Gasteiger partial charge >= 0.3 is 6.09 Å². The van der Waals surface area contributed by atoms with Gasteiger partial charge in [-0.15, -0.1) is 0 Å². The van der Waals surface area contributed by atoms with Crippen molar-refractivity contribution in [2.24, 2.45) is 5.92 Å². The molecule has 4 aromatic rings. The van der Waals surface area contributed by atoms with Gasteiger partial charge in [0.1, 0.15) is 24.6 Å². The van der Waals surface area contributed by atoms with E-state index in [9.17, 15) is 4.79 Å². The molecule has 1 fully saturated rings. The van der Waals surface area contributed by atoms with E-state index in [-0.39, 0.29) is 6.09 Å². The average molecular weight is 581 g/mol. The maximum Gasteiger partial charge on any atom is 0.410 e. The monoisotopic (exact) mass is 580 g/mol. The third-order valence-electron chi connectivity index (χ3n) is 7.20. The maximum absolute atomic E-state index is 12.3. The van der Waals surface area contributed by atoms with E-state index in [1.165, 1.54) is 0 Å². The topological polar surface area (TPSA) is 70.1 Å². The van der Waals surface area contributed by atoms with Gasteiger partial charge in [0.2, 0.25) is 11.8 Å². The number of hydrogen-bond donors (Lipinski definition) is 0. The second-order valence-corrected chi connectivity index (χ2v) is 11.8. The van der Waals surface area contributed by atoms with Gasteiger partial charge in [-0.25, -0.2) is 4.79 Å². The molecule has 0 N–H and O–H groups in total. The Balaban J connectivity index is 1.20. The van der Waals surface area contributed by atoms with Crippen LogP contribution in [-0.4, -0.2) is 41.3 Å². The first-order valence-corrected chi connectivity index (χ1v) is 14.9. The van der Waals surface area contributed by atoms with E-state index >= 15 is 0 Å². The second kappa shape index (κ2) is 14.1. The summed E-state index contributed by atoms with van der Waals surface area (Å²) >= 11 is 0.